The Morgan fingerprint density at radius 3 is 2.21 bits per heavy atom. The fraction of sp³-hybridized carbons (Fsp3) is 0.269. The normalized spacial score (nSPS) is 11.9. The molecular weight excluding hydrogens is 416 g/mol. The molecule has 7 heteroatoms. The quantitative estimate of drug-likeness (QED) is 0.441. The van der Waals surface area contributed by atoms with E-state index in [1.165, 1.54) is 0 Å². The second-order valence-electron chi connectivity index (χ2n) is 7.90. The second-order valence-corrected chi connectivity index (χ2v) is 7.90. The first-order chi connectivity index (χ1) is 15.9. The number of benzene rings is 2. The van der Waals surface area contributed by atoms with Crippen LogP contribution in [0.15, 0.2) is 54.6 Å². The molecule has 1 amide bonds. The van der Waals surface area contributed by atoms with E-state index < -0.39 is 0 Å². The summed E-state index contributed by atoms with van der Waals surface area (Å²) in [6, 6.07) is 17.1. The number of nitrogens with one attached hydrogen (secondary N) is 1. The molecule has 33 heavy (non-hydrogen) atoms. The van der Waals surface area contributed by atoms with Crippen LogP contribution in [0.4, 0.5) is 0 Å². The maximum Gasteiger partial charge on any atom is 0.252 e. The minimum atomic E-state index is -0.157. The number of amides is 1. The van der Waals surface area contributed by atoms with Gasteiger partial charge in [-0.25, -0.2) is 4.98 Å². The van der Waals surface area contributed by atoms with Gasteiger partial charge in [0.15, 0.2) is 5.65 Å². The Bertz CT molecular complexity index is 1280. The van der Waals surface area contributed by atoms with Gasteiger partial charge in [-0.15, -0.1) is 0 Å². The number of carbonyl (C=O) groups is 1. The first kappa shape index (κ1) is 22.3. The molecule has 0 radical (unpaired) electrons. The topological polar surface area (TPSA) is 78.3 Å². The van der Waals surface area contributed by atoms with Crippen LogP contribution in [0.3, 0.4) is 0 Å². The molecule has 4 rings (SSSR count). The monoisotopic (exact) mass is 444 g/mol. The Morgan fingerprint density at radius 2 is 1.64 bits per heavy atom. The lowest BCUT2D eigenvalue weighted by Gasteiger charge is -2.18. The lowest BCUT2D eigenvalue weighted by molar-refractivity contribution is 0.0937. The van der Waals surface area contributed by atoms with Crippen molar-refractivity contribution in [3.8, 4) is 22.8 Å². The summed E-state index contributed by atoms with van der Waals surface area (Å²) in [4.78, 5) is 18.4. The van der Waals surface area contributed by atoms with E-state index in [1.54, 1.807) is 18.9 Å². The van der Waals surface area contributed by atoms with Gasteiger partial charge in [0.1, 0.15) is 11.5 Å². The molecule has 0 fully saturated rings. The summed E-state index contributed by atoms with van der Waals surface area (Å²) in [7, 11) is 5.11. The number of fused-ring (bicyclic) bond motifs is 1. The van der Waals surface area contributed by atoms with Gasteiger partial charge in [0, 0.05) is 12.6 Å². The van der Waals surface area contributed by atoms with Crippen molar-refractivity contribution in [1.29, 1.82) is 0 Å². The third-order valence-corrected chi connectivity index (χ3v) is 5.83. The van der Waals surface area contributed by atoms with Crippen LogP contribution >= 0.6 is 0 Å². The van der Waals surface area contributed by atoms with Gasteiger partial charge in [0.05, 0.1) is 42.6 Å². The zero-order chi connectivity index (χ0) is 23.5. The van der Waals surface area contributed by atoms with Crippen LogP contribution in [0.5, 0.6) is 11.5 Å². The van der Waals surface area contributed by atoms with Gasteiger partial charge in [0.2, 0.25) is 0 Å². The van der Waals surface area contributed by atoms with Crippen LogP contribution in [0.1, 0.15) is 41.0 Å². The fourth-order valence-electron chi connectivity index (χ4n) is 4.03. The van der Waals surface area contributed by atoms with E-state index in [0.717, 1.165) is 40.1 Å². The molecule has 2 aromatic carbocycles. The lowest BCUT2D eigenvalue weighted by Crippen LogP contribution is -2.28. The molecule has 0 aliphatic heterocycles. The van der Waals surface area contributed by atoms with E-state index in [0.29, 0.717) is 16.9 Å². The molecule has 0 saturated carbocycles. The predicted octanol–water partition coefficient (Wildman–Crippen LogP) is 4.84. The van der Waals surface area contributed by atoms with Crippen LogP contribution < -0.4 is 14.8 Å². The molecule has 2 heterocycles. The maximum atomic E-state index is 13.5. The predicted molar refractivity (Wildman–Crippen MR) is 129 cm³/mol. The van der Waals surface area contributed by atoms with Crippen molar-refractivity contribution < 1.29 is 14.3 Å². The van der Waals surface area contributed by atoms with Gasteiger partial charge >= 0.3 is 0 Å². The van der Waals surface area contributed by atoms with E-state index >= 15 is 0 Å². The molecule has 4 aromatic rings. The summed E-state index contributed by atoms with van der Waals surface area (Å²) in [5, 5.41) is 8.47. The van der Waals surface area contributed by atoms with Crippen LogP contribution in [0.2, 0.25) is 0 Å². The molecule has 0 bridgehead atoms. The SMILES string of the molecule is CCC(NC(=O)c1cc(-c2ccc(OC)cc2)nc2c1c(C)nn2C)c1ccc(OC)cc1. The number of methoxy groups -OCH3 is 2. The standard InChI is InChI=1S/C26H28N4O3/c1-6-22(17-7-11-19(32-4)12-8-17)28-26(31)21-15-23(18-9-13-20(33-5)14-10-18)27-25-24(21)16(2)29-30(25)3/h7-15,22H,6H2,1-5H3,(H,28,31). The number of carbonyl (C=O) groups excluding carboxylic acids is 1. The van der Waals surface area contributed by atoms with Gasteiger partial charge in [-0.3, -0.25) is 9.48 Å². The third kappa shape index (κ3) is 4.39. The molecule has 2 aromatic heterocycles. The van der Waals surface area contributed by atoms with E-state index in [9.17, 15) is 4.79 Å². The highest BCUT2D eigenvalue weighted by Crippen LogP contribution is 2.29. The van der Waals surface area contributed by atoms with Gasteiger partial charge in [-0.2, -0.15) is 5.10 Å². The van der Waals surface area contributed by atoms with Crippen molar-refractivity contribution in [1.82, 2.24) is 20.1 Å². The van der Waals surface area contributed by atoms with Gasteiger partial charge < -0.3 is 14.8 Å². The first-order valence-electron chi connectivity index (χ1n) is 10.9. The summed E-state index contributed by atoms with van der Waals surface area (Å²) in [6.45, 7) is 3.95. The summed E-state index contributed by atoms with van der Waals surface area (Å²) in [6.07, 6.45) is 0.754. The third-order valence-electron chi connectivity index (χ3n) is 5.83. The Morgan fingerprint density at radius 1 is 1.03 bits per heavy atom. The zero-order valence-corrected chi connectivity index (χ0v) is 19.5. The summed E-state index contributed by atoms with van der Waals surface area (Å²) < 4.78 is 12.2. The van der Waals surface area contributed by atoms with E-state index in [-0.39, 0.29) is 11.9 Å². The number of aryl methyl sites for hydroxylation is 2. The van der Waals surface area contributed by atoms with Crippen molar-refractivity contribution in [2.45, 2.75) is 26.3 Å². The average molecular weight is 445 g/mol. The van der Waals surface area contributed by atoms with E-state index in [2.05, 4.69) is 17.3 Å². The lowest BCUT2D eigenvalue weighted by atomic mass is 10.0. The smallest absolute Gasteiger partial charge is 0.252 e. The number of hydrogen-bond donors (Lipinski definition) is 1. The molecule has 0 saturated heterocycles. The Hall–Kier alpha value is -3.87. The molecule has 7 nitrogen and oxygen atoms in total. The first-order valence-corrected chi connectivity index (χ1v) is 10.9. The van der Waals surface area contributed by atoms with Crippen molar-refractivity contribution in [3.63, 3.8) is 0 Å². The Balaban J connectivity index is 1.74. The van der Waals surface area contributed by atoms with Gasteiger partial charge in [0.25, 0.3) is 5.91 Å². The molecule has 1 unspecified atom stereocenters. The van der Waals surface area contributed by atoms with Crippen molar-refractivity contribution in [3.05, 3.63) is 71.4 Å². The highest BCUT2D eigenvalue weighted by Gasteiger charge is 2.21. The minimum Gasteiger partial charge on any atom is -0.497 e. The second kappa shape index (κ2) is 9.32. The molecular formula is C26H28N4O3. The molecule has 0 spiro atoms. The van der Waals surface area contributed by atoms with Crippen LogP contribution in [-0.2, 0) is 7.05 Å². The van der Waals surface area contributed by atoms with Crippen LogP contribution in [0, 0.1) is 6.92 Å². The number of nitrogens with zero attached hydrogens (tertiary/aromatic N) is 3. The number of rotatable bonds is 7. The molecule has 1 atom stereocenters. The Kier molecular flexibility index (Phi) is 6.31. The number of hydrogen-bond acceptors (Lipinski definition) is 5. The van der Waals surface area contributed by atoms with Crippen LogP contribution in [0.25, 0.3) is 22.3 Å². The van der Waals surface area contributed by atoms with Gasteiger partial charge in [-0.05, 0) is 61.4 Å². The summed E-state index contributed by atoms with van der Waals surface area (Å²) in [5.74, 6) is 1.39. The van der Waals surface area contributed by atoms with Gasteiger partial charge in [-0.1, -0.05) is 19.1 Å². The molecule has 1 N–H and O–H groups in total. The molecule has 0 aliphatic rings. The summed E-state index contributed by atoms with van der Waals surface area (Å²) >= 11 is 0. The maximum absolute atomic E-state index is 13.5. The van der Waals surface area contributed by atoms with E-state index in [4.69, 9.17) is 14.5 Å². The highest BCUT2D eigenvalue weighted by atomic mass is 16.5. The van der Waals surface area contributed by atoms with Crippen molar-refractivity contribution in [2.24, 2.45) is 7.05 Å². The molecule has 170 valence electrons. The minimum absolute atomic E-state index is 0.131. The zero-order valence-electron chi connectivity index (χ0n) is 19.5. The largest absolute Gasteiger partial charge is 0.497 e. The van der Waals surface area contributed by atoms with Crippen molar-refractivity contribution in [2.75, 3.05) is 14.2 Å². The van der Waals surface area contributed by atoms with E-state index in [1.807, 2.05) is 68.6 Å². The number of aromatic nitrogens is 3. The Labute approximate surface area is 193 Å². The fourth-order valence-corrected chi connectivity index (χ4v) is 4.03. The highest BCUT2D eigenvalue weighted by molar-refractivity contribution is 6.07. The average Bonchev–Trinajstić information content (AvgIpc) is 3.15. The van der Waals surface area contributed by atoms with Crippen LogP contribution in [-0.4, -0.2) is 34.9 Å². The number of pyridine rings is 1. The molecule has 0 aliphatic carbocycles. The number of ether oxygens (including phenoxy) is 2. The summed E-state index contributed by atoms with van der Waals surface area (Å²) in [5.41, 5.74) is 4.62. The van der Waals surface area contributed by atoms with Crippen molar-refractivity contribution >= 4 is 16.9 Å².